The van der Waals surface area contributed by atoms with Gasteiger partial charge in [0, 0.05) is 43.0 Å². The number of ether oxygens (including phenoxy) is 1. The van der Waals surface area contributed by atoms with Crippen LogP contribution < -0.4 is 4.90 Å². The van der Waals surface area contributed by atoms with Gasteiger partial charge in [-0.15, -0.1) is 0 Å². The van der Waals surface area contributed by atoms with E-state index in [0.29, 0.717) is 18.8 Å². The molecule has 0 saturated carbocycles. The fourth-order valence-corrected chi connectivity index (χ4v) is 5.47. The van der Waals surface area contributed by atoms with Crippen LogP contribution in [0.3, 0.4) is 0 Å². The highest BCUT2D eigenvalue weighted by atomic mass is 35.5. The fraction of sp³-hybridized carbons (Fsp3) is 0.600. The molecule has 176 valence electrons. The molecule has 1 saturated heterocycles. The average molecular weight is 479 g/mol. The van der Waals surface area contributed by atoms with Crippen LogP contribution in [0.5, 0.6) is 0 Å². The normalized spacial score (nSPS) is 21.1. The predicted octanol–water partition coefficient (Wildman–Crippen LogP) is 5.67. The van der Waals surface area contributed by atoms with Gasteiger partial charge in [0.05, 0.1) is 4.75 Å². The van der Waals surface area contributed by atoms with E-state index in [9.17, 15) is 9.59 Å². The Kier molecular flexibility index (Phi) is 9.35. The number of benzene rings is 1. The number of anilines is 1. The van der Waals surface area contributed by atoms with E-state index in [1.807, 2.05) is 29.2 Å². The van der Waals surface area contributed by atoms with Crippen LogP contribution in [0.25, 0.3) is 0 Å². The molecule has 2 heterocycles. The Morgan fingerprint density at radius 1 is 1.06 bits per heavy atom. The molecule has 1 aromatic rings. The summed E-state index contributed by atoms with van der Waals surface area (Å²) in [5.41, 5.74) is 1.12. The van der Waals surface area contributed by atoms with Gasteiger partial charge < -0.3 is 14.5 Å². The van der Waals surface area contributed by atoms with Gasteiger partial charge in [-0.05, 0) is 37.6 Å². The Morgan fingerprint density at radius 2 is 1.72 bits per heavy atom. The summed E-state index contributed by atoms with van der Waals surface area (Å²) < 4.78 is 5.57. The van der Waals surface area contributed by atoms with E-state index < -0.39 is 0 Å². The largest absolute Gasteiger partial charge is 0.486 e. The van der Waals surface area contributed by atoms with E-state index in [0.717, 1.165) is 36.6 Å². The minimum absolute atomic E-state index is 0.00723. The van der Waals surface area contributed by atoms with Crippen molar-refractivity contribution < 1.29 is 14.3 Å². The lowest BCUT2D eigenvalue weighted by atomic mass is 9.99. The van der Waals surface area contributed by atoms with Crippen molar-refractivity contribution >= 4 is 40.1 Å². The van der Waals surface area contributed by atoms with Crippen LogP contribution in [0.4, 0.5) is 5.69 Å². The van der Waals surface area contributed by atoms with Crippen LogP contribution in [0.2, 0.25) is 5.02 Å². The molecule has 0 aromatic heterocycles. The Morgan fingerprint density at radius 3 is 2.41 bits per heavy atom. The zero-order valence-corrected chi connectivity index (χ0v) is 20.8. The number of carbonyl (C=O) groups excluding carboxylic acids is 2. The average Bonchev–Trinajstić information content (AvgIpc) is 3.08. The molecule has 2 aliphatic heterocycles. The zero-order valence-electron chi connectivity index (χ0n) is 19.3. The Balaban J connectivity index is 1.43. The Bertz CT molecular complexity index is 806. The summed E-state index contributed by atoms with van der Waals surface area (Å²) in [5, 5.41) is 0.749. The zero-order chi connectivity index (χ0) is 23.0. The van der Waals surface area contributed by atoms with E-state index in [4.69, 9.17) is 16.3 Å². The molecule has 0 radical (unpaired) electrons. The summed E-state index contributed by atoms with van der Waals surface area (Å²) in [6.45, 7) is 7.15. The van der Waals surface area contributed by atoms with E-state index in [1.165, 1.54) is 43.9 Å². The molecule has 1 atom stereocenters. The van der Waals surface area contributed by atoms with Crippen LogP contribution in [0, 0.1) is 0 Å². The summed E-state index contributed by atoms with van der Waals surface area (Å²) in [6, 6.07) is 7.79. The van der Waals surface area contributed by atoms with Gasteiger partial charge in [0.1, 0.15) is 5.76 Å². The second kappa shape index (κ2) is 12.0. The molecule has 3 rings (SSSR count). The monoisotopic (exact) mass is 478 g/mol. The first kappa shape index (κ1) is 25.0. The third-order valence-electron chi connectivity index (χ3n) is 6.28. The molecule has 0 bridgehead atoms. The molecule has 0 aliphatic carbocycles. The predicted molar refractivity (Wildman–Crippen MR) is 133 cm³/mol. The number of hydrogen-bond acceptors (Lipinski definition) is 5. The summed E-state index contributed by atoms with van der Waals surface area (Å²) in [6.07, 6.45) is 9.77. The highest BCUT2D eigenvalue weighted by molar-refractivity contribution is 8.15. The minimum atomic E-state index is -0.352. The maximum absolute atomic E-state index is 12.7. The van der Waals surface area contributed by atoms with Crippen LogP contribution in [0.15, 0.2) is 36.1 Å². The van der Waals surface area contributed by atoms with E-state index in [2.05, 4.69) is 18.7 Å². The van der Waals surface area contributed by atoms with Crippen molar-refractivity contribution in [2.45, 2.75) is 63.5 Å². The Hall–Kier alpha value is -1.66. The van der Waals surface area contributed by atoms with Crippen LogP contribution in [-0.2, 0) is 14.3 Å². The molecule has 1 fully saturated rings. The highest BCUT2D eigenvalue weighted by Gasteiger charge is 2.39. The van der Waals surface area contributed by atoms with E-state index >= 15 is 0 Å². The number of halogens is 1. The summed E-state index contributed by atoms with van der Waals surface area (Å²) in [4.78, 5) is 28.9. The summed E-state index contributed by atoms with van der Waals surface area (Å²) in [5.74, 6) is 0.641. The van der Waals surface area contributed by atoms with Crippen molar-refractivity contribution in [1.82, 2.24) is 4.90 Å². The van der Waals surface area contributed by atoms with Gasteiger partial charge in [0.25, 0.3) is 5.91 Å². The number of rotatable bonds is 11. The van der Waals surface area contributed by atoms with Crippen LogP contribution in [-0.4, -0.2) is 53.5 Å². The minimum Gasteiger partial charge on any atom is -0.486 e. The third kappa shape index (κ3) is 6.92. The lowest BCUT2D eigenvalue weighted by Gasteiger charge is -2.36. The fourth-order valence-electron chi connectivity index (χ4n) is 4.27. The van der Waals surface area contributed by atoms with Crippen molar-refractivity contribution in [1.29, 1.82) is 0 Å². The van der Waals surface area contributed by atoms with E-state index in [1.54, 1.807) is 6.08 Å². The number of piperazine rings is 1. The van der Waals surface area contributed by atoms with Crippen molar-refractivity contribution in [2.24, 2.45) is 0 Å². The van der Waals surface area contributed by atoms with Crippen molar-refractivity contribution in [3.63, 3.8) is 0 Å². The maximum atomic E-state index is 12.7. The topological polar surface area (TPSA) is 49.9 Å². The number of unbranched alkanes of at least 4 members (excludes halogenated alkanes) is 5. The number of nitrogens with zero attached hydrogens (tertiary/aromatic N) is 2. The van der Waals surface area contributed by atoms with Gasteiger partial charge >= 0.3 is 0 Å². The highest BCUT2D eigenvalue weighted by Crippen LogP contribution is 2.44. The van der Waals surface area contributed by atoms with Crippen molar-refractivity contribution in [2.75, 3.05) is 37.7 Å². The third-order valence-corrected chi connectivity index (χ3v) is 7.71. The first-order valence-corrected chi connectivity index (χ1v) is 13.0. The number of carbonyl (C=O) groups is 2. The molecule has 1 amide bonds. The van der Waals surface area contributed by atoms with Gasteiger partial charge in [-0.3, -0.25) is 9.59 Å². The molecule has 2 aliphatic rings. The first-order chi connectivity index (χ1) is 15.4. The van der Waals surface area contributed by atoms with Gasteiger partial charge in [-0.1, -0.05) is 68.8 Å². The standard InChI is InChI=1S/C25H35ClN2O3S/c1-3-4-5-6-7-8-13-25(2)22(18-24(30)32-25)31-19-23(29)28-16-14-27(15-17-28)21-11-9-20(26)10-12-21/h9-12,18H,3-8,13-17,19H2,1-2H3. The molecule has 7 heteroatoms. The second-order valence-corrected chi connectivity index (χ2v) is 10.8. The summed E-state index contributed by atoms with van der Waals surface area (Å²) in [7, 11) is 0. The molecule has 0 spiro atoms. The lowest BCUT2D eigenvalue weighted by Crippen LogP contribution is -2.49. The van der Waals surface area contributed by atoms with Crippen LogP contribution in [0.1, 0.15) is 58.8 Å². The SMILES string of the molecule is CCCCCCCCC1(C)SC(=O)C=C1OCC(=O)N1CCN(c2ccc(Cl)cc2)CC1. The Labute approximate surface area is 201 Å². The maximum Gasteiger partial charge on any atom is 0.260 e. The molecule has 32 heavy (non-hydrogen) atoms. The molecular weight excluding hydrogens is 444 g/mol. The summed E-state index contributed by atoms with van der Waals surface area (Å²) >= 11 is 7.31. The molecule has 0 N–H and O–H groups in total. The van der Waals surface area contributed by atoms with Gasteiger partial charge in [-0.2, -0.15) is 0 Å². The molecule has 1 unspecified atom stereocenters. The first-order valence-electron chi connectivity index (χ1n) is 11.8. The van der Waals surface area contributed by atoms with E-state index in [-0.39, 0.29) is 22.4 Å². The van der Waals surface area contributed by atoms with Gasteiger partial charge in [0.2, 0.25) is 5.12 Å². The molecular formula is C25H35ClN2O3S. The second-order valence-electron chi connectivity index (χ2n) is 8.81. The quantitative estimate of drug-likeness (QED) is 0.383. The van der Waals surface area contributed by atoms with Crippen molar-refractivity contribution in [3.05, 3.63) is 41.1 Å². The molecule has 1 aromatic carbocycles. The molecule has 5 nitrogen and oxygen atoms in total. The smallest absolute Gasteiger partial charge is 0.260 e. The number of amides is 1. The van der Waals surface area contributed by atoms with Gasteiger partial charge in [-0.25, -0.2) is 0 Å². The van der Waals surface area contributed by atoms with Crippen LogP contribution >= 0.6 is 23.4 Å². The van der Waals surface area contributed by atoms with Gasteiger partial charge in [0.15, 0.2) is 6.61 Å². The lowest BCUT2D eigenvalue weighted by molar-refractivity contribution is -0.135. The number of hydrogen-bond donors (Lipinski definition) is 0. The number of thioether (sulfide) groups is 1. The van der Waals surface area contributed by atoms with Crippen molar-refractivity contribution in [3.8, 4) is 0 Å².